The Hall–Kier alpha value is -2.13. The fourth-order valence-corrected chi connectivity index (χ4v) is 5.58. The molecule has 0 aliphatic carbocycles. The van der Waals surface area contributed by atoms with E-state index in [0.29, 0.717) is 41.2 Å². The lowest BCUT2D eigenvalue weighted by atomic mass is 9.98. The third-order valence-corrected chi connectivity index (χ3v) is 7.46. The summed E-state index contributed by atoms with van der Waals surface area (Å²) >= 11 is 12.0. The molecule has 0 bridgehead atoms. The van der Waals surface area contributed by atoms with Crippen LogP contribution in [-0.4, -0.2) is 44.8 Å². The first-order valence-corrected chi connectivity index (χ1v) is 12.0. The summed E-state index contributed by atoms with van der Waals surface area (Å²) in [5.74, 6) is -1.47. The summed E-state index contributed by atoms with van der Waals surface area (Å²) in [6.45, 7) is 0.449. The van der Waals surface area contributed by atoms with Gasteiger partial charge in [0, 0.05) is 28.8 Å². The monoisotopic (exact) mass is 484 g/mol. The molecule has 10 heteroatoms. The molecule has 1 atom stereocenters. The number of carbonyl (C=O) groups is 2. The minimum Gasteiger partial charge on any atom is -0.465 e. The normalized spacial score (nSPS) is 17.2. The molecule has 0 saturated carbocycles. The van der Waals surface area contributed by atoms with E-state index < -0.39 is 21.9 Å². The Morgan fingerprint density at radius 3 is 2.52 bits per heavy atom. The van der Waals surface area contributed by atoms with Gasteiger partial charge in [0.2, 0.25) is 15.9 Å². The maximum atomic E-state index is 12.9. The van der Waals surface area contributed by atoms with Gasteiger partial charge < -0.3 is 10.1 Å². The van der Waals surface area contributed by atoms with Crippen LogP contribution < -0.4 is 5.32 Å². The van der Waals surface area contributed by atoms with Gasteiger partial charge in [-0.05, 0) is 54.8 Å². The first kappa shape index (κ1) is 23.5. The second-order valence-corrected chi connectivity index (χ2v) is 10.1. The van der Waals surface area contributed by atoms with Gasteiger partial charge in [-0.1, -0.05) is 29.3 Å². The highest BCUT2D eigenvalue weighted by atomic mass is 35.5. The minimum absolute atomic E-state index is 0.0968. The van der Waals surface area contributed by atoms with Gasteiger partial charge in [-0.2, -0.15) is 0 Å². The van der Waals surface area contributed by atoms with Gasteiger partial charge in [0.05, 0.1) is 24.3 Å². The Morgan fingerprint density at radius 1 is 1.16 bits per heavy atom. The van der Waals surface area contributed by atoms with Gasteiger partial charge in [0.25, 0.3) is 0 Å². The highest BCUT2D eigenvalue weighted by Crippen LogP contribution is 2.27. The second kappa shape index (κ2) is 9.99. The molecule has 2 aromatic rings. The molecule has 1 amide bonds. The van der Waals surface area contributed by atoms with Crippen molar-refractivity contribution in [1.82, 2.24) is 4.31 Å². The van der Waals surface area contributed by atoms with E-state index >= 15 is 0 Å². The molecule has 0 aromatic heterocycles. The van der Waals surface area contributed by atoms with Gasteiger partial charge in [-0.15, -0.1) is 0 Å². The van der Waals surface area contributed by atoms with Crippen molar-refractivity contribution in [2.75, 3.05) is 25.5 Å². The fraction of sp³-hybridized carbons (Fsp3) is 0.333. The Bertz CT molecular complexity index is 1070. The van der Waals surface area contributed by atoms with Crippen LogP contribution in [0.15, 0.2) is 42.5 Å². The van der Waals surface area contributed by atoms with Gasteiger partial charge in [-0.3, -0.25) is 4.79 Å². The molecule has 166 valence electrons. The molecule has 2 aromatic carbocycles. The summed E-state index contributed by atoms with van der Waals surface area (Å²) in [5.41, 5.74) is 1.35. The van der Waals surface area contributed by atoms with Crippen LogP contribution in [0.2, 0.25) is 10.0 Å². The van der Waals surface area contributed by atoms with Crippen molar-refractivity contribution in [2.24, 2.45) is 5.92 Å². The van der Waals surface area contributed by atoms with Crippen LogP contribution >= 0.6 is 23.2 Å². The number of benzene rings is 2. The Kier molecular flexibility index (Phi) is 7.59. The number of carbonyl (C=O) groups excluding carboxylic acids is 2. The first-order chi connectivity index (χ1) is 14.7. The van der Waals surface area contributed by atoms with Crippen molar-refractivity contribution in [3.05, 3.63) is 63.6 Å². The van der Waals surface area contributed by atoms with Crippen LogP contribution in [0.25, 0.3) is 0 Å². The number of nitrogens with one attached hydrogen (secondary N) is 1. The molecule has 31 heavy (non-hydrogen) atoms. The lowest BCUT2D eigenvalue weighted by Gasteiger charge is -2.31. The summed E-state index contributed by atoms with van der Waals surface area (Å²) in [6, 6.07) is 11.0. The van der Waals surface area contributed by atoms with E-state index in [1.807, 2.05) is 0 Å². The molecule has 1 N–H and O–H groups in total. The van der Waals surface area contributed by atoms with E-state index in [-0.39, 0.29) is 23.2 Å². The van der Waals surface area contributed by atoms with Crippen molar-refractivity contribution in [3.63, 3.8) is 0 Å². The smallest absolute Gasteiger partial charge is 0.337 e. The second-order valence-electron chi connectivity index (χ2n) is 7.25. The molecule has 0 radical (unpaired) electrons. The third kappa shape index (κ3) is 5.98. The van der Waals surface area contributed by atoms with Crippen LogP contribution in [0.5, 0.6) is 0 Å². The largest absolute Gasteiger partial charge is 0.465 e. The summed E-state index contributed by atoms with van der Waals surface area (Å²) in [6.07, 6.45) is 1.16. The molecule has 3 rings (SSSR count). The molecule has 1 aliphatic heterocycles. The lowest BCUT2D eigenvalue weighted by Crippen LogP contribution is -2.44. The highest BCUT2D eigenvalue weighted by molar-refractivity contribution is 7.88. The van der Waals surface area contributed by atoms with Crippen molar-refractivity contribution in [3.8, 4) is 0 Å². The van der Waals surface area contributed by atoms with E-state index in [1.54, 1.807) is 36.4 Å². The average molecular weight is 485 g/mol. The van der Waals surface area contributed by atoms with Gasteiger partial charge in [0.15, 0.2) is 0 Å². The molecule has 1 fully saturated rings. The molecule has 1 saturated heterocycles. The van der Waals surface area contributed by atoms with Crippen molar-refractivity contribution < 1.29 is 22.7 Å². The zero-order valence-electron chi connectivity index (χ0n) is 16.8. The van der Waals surface area contributed by atoms with E-state index in [0.717, 1.165) is 0 Å². The standard InChI is InChI=1S/C21H22Cl2N2O5S/c1-30-21(27)14-5-8-18(9-6-14)24-20(26)15-3-2-10-25(12-15)31(28,29)13-16-4-7-17(22)11-19(16)23/h4-9,11,15H,2-3,10,12-13H2,1H3,(H,24,26)/t15-/m0/s1. The Labute approximate surface area is 191 Å². The van der Waals surface area contributed by atoms with Crippen molar-refractivity contribution in [2.45, 2.75) is 18.6 Å². The minimum atomic E-state index is -3.65. The lowest BCUT2D eigenvalue weighted by molar-refractivity contribution is -0.120. The number of anilines is 1. The number of esters is 1. The number of methoxy groups -OCH3 is 1. The van der Waals surface area contributed by atoms with E-state index in [2.05, 4.69) is 10.1 Å². The number of halogens is 2. The summed E-state index contributed by atoms with van der Waals surface area (Å²) < 4.78 is 31.8. The quantitative estimate of drug-likeness (QED) is 0.626. The van der Waals surface area contributed by atoms with Crippen molar-refractivity contribution in [1.29, 1.82) is 0 Å². The molecule has 1 aliphatic rings. The van der Waals surface area contributed by atoms with Gasteiger partial charge in [-0.25, -0.2) is 17.5 Å². The zero-order chi connectivity index (χ0) is 22.6. The number of hydrogen-bond acceptors (Lipinski definition) is 5. The molecule has 0 spiro atoms. The highest BCUT2D eigenvalue weighted by Gasteiger charge is 2.32. The number of ether oxygens (including phenoxy) is 1. The predicted octanol–water partition coefficient (Wildman–Crippen LogP) is 3.96. The molecular formula is C21H22Cl2N2O5S. The Balaban J connectivity index is 1.65. The number of rotatable bonds is 6. The topological polar surface area (TPSA) is 92.8 Å². The van der Waals surface area contributed by atoms with Gasteiger partial charge in [0.1, 0.15) is 0 Å². The van der Waals surface area contributed by atoms with E-state index in [4.69, 9.17) is 23.2 Å². The fourth-order valence-electron chi connectivity index (χ4n) is 3.39. The van der Waals surface area contributed by atoms with Crippen LogP contribution in [0.4, 0.5) is 5.69 Å². The van der Waals surface area contributed by atoms with Gasteiger partial charge >= 0.3 is 5.97 Å². The molecule has 1 heterocycles. The summed E-state index contributed by atoms with van der Waals surface area (Å²) in [7, 11) is -2.36. The number of piperidine rings is 1. The molecule has 0 unspecified atom stereocenters. The van der Waals surface area contributed by atoms with Crippen LogP contribution in [0.1, 0.15) is 28.8 Å². The number of hydrogen-bond donors (Lipinski definition) is 1. The van der Waals surface area contributed by atoms with E-state index in [1.165, 1.54) is 17.5 Å². The average Bonchev–Trinajstić information content (AvgIpc) is 2.75. The zero-order valence-corrected chi connectivity index (χ0v) is 19.1. The predicted molar refractivity (Wildman–Crippen MR) is 120 cm³/mol. The van der Waals surface area contributed by atoms with Crippen LogP contribution in [-0.2, 0) is 25.3 Å². The third-order valence-electron chi connectivity index (χ3n) is 5.07. The first-order valence-electron chi connectivity index (χ1n) is 9.60. The summed E-state index contributed by atoms with van der Waals surface area (Å²) in [4.78, 5) is 24.2. The molecular weight excluding hydrogens is 463 g/mol. The number of amides is 1. The van der Waals surface area contributed by atoms with Crippen molar-refractivity contribution >= 4 is 50.8 Å². The SMILES string of the molecule is COC(=O)c1ccc(NC(=O)[C@H]2CCCN(S(=O)(=O)Cc3ccc(Cl)cc3Cl)C2)cc1. The Morgan fingerprint density at radius 2 is 1.87 bits per heavy atom. The molecule has 7 nitrogen and oxygen atoms in total. The maximum Gasteiger partial charge on any atom is 0.337 e. The number of sulfonamides is 1. The number of nitrogens with zero attached hydrogens (tertiary/aromatic N) is 1. The summed E-state index contributed by atoms with van der Waals surface area (Å²) in [5, 5.41) is 3.51. The maximum absolute atomic E-state index is 12.9. The van der Waals surface area contributed by atoms with E-state index in [9.17, 15) is 18.0 Å². The van der Waals surface area contributed by atoms with Crippen LogP contribution in [0.3, 0.4) is 0 Å². The van der Waals surface area contributed by atoms with Crippen LogP contribution in [0, 0.1) is 5.92 Å².